The summed E-state index contributed by atoms with van der Waals surface area (Å²) in [7, 11) is -3.57. The summed E-state index contributed by atoms with van der Waals surface area (Å²) in [4.78, 5) is 5.17. The number of hydrogen-bond donors (Lipinski definition) is 1. The van der Waals surface area contributed by atoms with Gasteiger partial charge in [0.05, 0.1) is 17.1 Å². The van der Waals surface area contributed by atoms with Gasteiger partial charge in [-0.3, -0.25) is 0 Å². The van der Waals surface area contributed by atoms with E-state index in [9.17, 15) is 8.42 Å². The molecular formula is C26H33N3O2S2. The SMILES string of the molecule is CCCCNCc1ccc(-c2nc(CN(C3CCCC3)S(=O)(=O)c3ccccc3)cs2)cc1. The zero-order valence-electron chi connectivity index (χ0n) is 19.2. The topological polar surface area (TPSA) is 62.3 Å². The second-order valence-corrected chi connectivity index (χ2v) is 11.4. The largest absolute Gasteiger partial charge is 0.313 e. The van der Waals surface area contributed by atoms with Crippen molar-refractivity contribution in [3.8, 4) is 10.6 Å². The average molecular weight is 484 g/mol. The number of thiazole rings is 1. The maximum absolute atomic E-state index is 13.5. The van der Waals surface area contributed by atoms with Gasteiger partial charge in [0.1, 0.15) is 5.01 Å². The van der Waals surface area contributed by atoms with Crippen molar-refractivity contribution in [3.05, 3.63) is 71.2 Å². The van der Waals surface area contributed by atoms with Crippen molar-refractivity contribution in [1.29, 1.82) is 0 Å². The van der Waals surface area contributed by atoms with Gasteiger partial charge in [-0.1, -0.05) is 68.7 Å². The highest BCUT2D eigenvalue weighted by molar-refractivity contribution is 7.89. The zero-order chi connectivity index (χ0) is 23.1. The third-order valence-electron chi connectivity index (χ3n) is 6.19. The molecule has 176 valence electrons. The molecule has 1 aromatic heterocycles. The summed E-state index contributed by atoms with van der Waals surface area (Å²) >= 11 is 1.58. The van der Waals surface area contributed by atoms with Crippen molar-refractivity contribution in [2.24, 2.45) is 0 Å². The standard InChI is InChI=1S/C26H33N3O2S2/c1-2-3-17-27-18-21-13-15-22(16-14-21)26-28-23(20-32-26)19-29(24-9-7-8-10-24)33(30,31)25-11-5-4-6-12-25/h4-6,11-16,20,24,27H,2-3,7-10,17-19H2,1H3. The van der Waals surface area contributed by atoms with Crippen LogP contribution in [0.1, 0.15) is 56.7 Å². The molecule has 4 rings (SSSR count). The fraction of sp³-hybridized carbons (Fsp3) is 0.423. The number of benzene rings is 2. The second-order valence-electron chi connectivity index (χ2n) is 8.67. The van der Waals surface area contributed by atoms with Gasteiger partial charge in [0.25, 0.3) is 0 Å². The minimum Gasteiger partial charge on any atom is -0.313 e. The van der Waals surface area contributed by atoms with E-state index in [4.69, 9.17) is 4.98 Å². The third-order valence-corrected chi connectivity index (χ3v) is 9.04. The van der Waals surface area contributed by atoms with Crippen LogP contribution in [0.3, 0.4) is 0 Å². The van der Waals surface area contributed by atoms with Gasteiger partial charge in [-0.15, -0.1) is 11.3 Å². The smallest absolute Gasteiger partial charge is 0.243 e. The quantitative estimate of drug-likeness (QED) is 0.348. The Morgan fingerprint density at radius 1 is 1.06 bits per heavy atom. The van der Waals surface area contributed by atoms with Gasteiger partial charge < -0.3 is 5.32 Å². The molecule has 33 heavy (non-hydrogen) atoms. The number of nitrogens with zero attached hydrogens (tertiary/aromatic N) is 2. The molecule has 0 amide bonds. The fourth-order valence-corrected chi connectivity index (χ4v) is 6.80. The normalized spacial score (nSPS) is 14.8. The molecule has 2 aromatic carbocycles. The second kappa shape index (κ2) is 11.4. The lowest BCUT2D eigenvalue weighted by Gasteiger charge is -2.27. The summed E-state index contributed by atoms with van der Waals surface area (Å²) in [6.45, 7) is 4.43. The first-order valence-corrected chi connectivity index (χ1v) is 14.2. The van der Waals surface area contributed by atoms with Crippen molar-refractivity contribution >= 4 is 21.4 Å². The minimum absolute atomic E-state index is 0.0415. The Bertz CT molecular complexity index is 1110. The molecule has 0 spiro atoms. The Morgan fingerprint density at radius 3 is 2.48 bits per heavy atom. The van der Waals surface area contributed by atoms with Crippen LogP contribution in [0.15, 0.2) is 64.9 Å². The zero-order valence-corrected chi connectivity index (χ0v) is 20.9. The highest BCUT2D eigenvalue weighted by Crippen LogP contribution is 2.31. The number of aromatic nitrogens is 1. The predicted octanol–water partition coefficient (Wildman–Crippen LogP) is 5.83. The van der Waals surface area contributed by atoms with E-state index >= 15 is 0 Å². The molecule has 0 atom stereocenters. The van der Waals surface area contributed by atoms with Crippen molar-refractivity contribution in [2.75, 3.05) is 6.54 Å². The first-order valence-electron chi connectivity index (χ1n) is 11.9. The van der Waals surface area contributed by atoms with Gasteiger partial charge in [-0.05, 0) is 43.5 Å². The molecule has 0 aliphatic heterocycles. The van der Waals surface area contributed by atoms with Gasteiger partial charge >= 0.3 is 0 Å². The molecule has 1 saturated carbocycles. The van der Waals surface area contributed by atoms with E-state index in [1.807, 2.05) is 11.4 Å². The molecule has 0 bridgehead atoms. The van der Waals surface area contributed by atoms with Crippen molar-refractivity contribution in [2.45, 2.75) is 69.5 Å². The average Bonchev–Trinajstić information content (AvgIpc) is 3.54. The minimum atomic E-state index is -3.57. The molecule has 0 radical (unpaired) electrons. The van der Waals surface area contributed by atoms with Crippen molar-refractivity contribution in [1.82, 2.24) is 14.6 Å². The monoisotopic (exact) mass is 483 g/mol. The number of unbranched alkanes of at least 4 members (excludes halogenated alkanes) is 1. The lowest BCUT2D eigenvalue weighted by molar-refractivity contribution is 0.313. The number of hydrogen-bond acceptors (Lipinski definition) is 5. The van der Waals surface area contributed by atoms with Gasteiger partial charge in [-0.2, -0.15) is 4.31 Å². The van der Waals surface area contributed by atoms with E-state index in [0.717, 1.165) is 55.0 Å². The van der Waals surface area contributed by atoms with Gasteiger partial charge in [0, 0.05) is 23.5 Å². The van der Waals surface area contributed by atoms with Gasteiger partial charge in [0.2, 0.25) is 10.0 Å². The molecule has 1 aliphatic carbocycles. The van der Waals surface area contributed by atoms with E-state index in [2.05, 4.69) is 36.5 Å². The lowest BCUT2D eigenvalue weighted by Crippen LogP contribution is -2.38. The third kappa shape index (κ3) is 6.09. The molecule has 1 fully saturated rings. The van der Waals surface area contributed by atoms with E-state index in [-0.39, 0.29) is 6.04 Å². The molecule has 3 aromatic rings. The summed E-state index contributed by atoms with van der Waals surface area (Å²) < 4.78 is 28.6. The number of nitrogens with one attached hydrogen (secondary N) is 1. The van der Waals surface area contributed by atoms with Crippen LogP contribution in [-0.2, 0) is 23.1 Å². The summed E-state index contributed by atoms with van der Waals surface area (Å²) in [5.41, 5.74) is 3.14. The van der Waals surface area contributed by atoms with Crippen molar-refractivity contribution < 1.29 is 8.42 Å². The first kappa shape index (κ1) is 24.1. The Kier molecular flexibility index (Phi) is 8.30. The number of rotatable bonds is 11. The molecule has 5 nitrogen and oxygen atoms in total. The molecule has 1 heterocycles. The van der Waals surface area contributed by atoms with Crippen LogP contribution in [-0.4, -0.2) is 30.3 Å². The van der Waals surface area contributed by atoms with Crippen LogP contribution >= 0.6 is 11.3 Å². The molecule has 1 aliphatic rings. The Morgan fingerprint density at radius 2 is 1.79 bits per heavy atom. The highest BCUT2D eigenvalue weighted by atomic mass is 32.2. The molecular weight excluding hydrogens is 450 g/mol. The van der Waals surface area contributed by atoms with E-state index in [1.165, 1.54) is 18.4 Å². The summed E-state index contributed by atoms with van der Waals surface area (Å²) in [5.74, 6) is 0. The van der Waals surface area contributed by atoms with Crippen molar-refractivity contribution in [3.63, 3.8) is 0 Å². The van der Waals surface area contributed by atoms with E-state index in [0.29, 0.717) is 11.4 Å². The first-order chi connectivity index (χ1) is 16.1. The van der Waals surface area contributed by atoms with Crippen LogP contribution in [0.2, 0.25) is 0 Å². The van der Waals surface area contributed by atoms with E-state index in [1.54, 1.807) is 39.9 Å². The van der Waals surface area contributed by atoms with Gasteiger partial charge in [-0.25, -0.2) is 13.4 Å². The van der Waals surface area contributed by atoms with Crippen LogP contribution in [0.25, 0.3) is 10.6 Å². The maximum atomic E-state index is 13.5. The summed E-state index contributed by atoms with van der Waals surface area (Å²) in [6.07, 6.45) is 6.37. The molecule has 0 saturated heterocycles. The van der Waals surface area contributed by atoms with Crippen LogP contribution in [0.5, 0.6) is 0 Å². The fourth-order valence-electron chi connectivity index (χ4n) is 4.30. The summed E-state index contributed by atoms with van der Waals surface area (Å²) in [5, 5.41) is 6.39. The predicted molar refractivity (Wildman–Crippen MR) is 136 cm³/mol. The molecule has 0 unspecified atom stereocenters. The maximum Gasteiger partial charge on any atom is 0.243 e. The molecule has 7 heteroatoms. The van der Waals surface area contributed by atoms with Crippen LogP contribution in [0.4, 0.5) is 0 Å². The van der Waals surface area contributed by atoms with Crippen LogP contribution in [0, 0.1) is 0 Å². The Hall–Kier alpha value is -2.06. The Balaban J connectivity index is 1.48. The Labute approximate surface area is 201 Å². The molecule has 1 N–H and O–H groups in total. The van der Waals surface area contributed by atoms with Crippen LogP contribution < -0.4 is 5.32 Å². The van der Waals surface area contributed by atoms with Gasteiger partial charge in [0.15, 0.2) is 0 Å². The summed E-state index contributed by atoms with van der Waals surface area (Å²) in [6, 6.07) is 17.3. The number of sulfonamides is 1. The lowest BCUT2D eigenvalue weighted by atomic mass is 10.1. The highest BCUT2D eigenvalue weighted by Gasteiger charge is 2.33. The van der Waals surface area contributed by atoms with E-state index < -0.39 is 10.0 Å².